The molecule has 3 heterocycles. The van der Waals surface area contributed by atoms with Gasteiger partial charge in [0.25, 0.3) is 0 Å². The van der Waals surface area contributed by atoms with Gasteiger partial charge in [-0.3, -0.25) is 9.58 Å². The summed E-state index contributed by atoms with van der Waals surface area (Å²) < 4.78 is 7.12. The molecule has 0 N–H and O–H groups in total. The number of rotatable bonds is 3. The normalized spacial score (nSPS) is 20.1. The Bertz CT molecular complexity index is 553. The van der Waals surface area contributed by atoms with E-state index in [1.54, 1.807) is 24.9 Å². The fourth-order valence-corrected chi connectivity index (χ4v) is 2.29. The molecule has 0 aromatic carbocycles. The smallest absolute Gasteiger partial charge is 0.208 e. The lowest BCUT2D eigenvalue weighted by Gasteiger charge is -2.13. The van der Waals surface area contributed by atoms with E-state index in [0.717, 1.165) is 31.9 Å². The molecule has 1 atom stereocenters. The van der Waals surface area contributed by atoms with E-state index in [2.05, 4.69) is 21.1 Å². The summed E-state index contributed by atoms with van der Waals surface area (Å²) in [4.78, 5) is 6.40. The van der Waals surface area contributed by atoms with Gasteiger partial charge in [-0.1, -0.05) is 0 Å². The number of likely N-dealkylation sites (tertiary alicyclic amines) is 1. The van der Waals surface area contributed by atoms with Gasteiger partial charge in [-0.2, -0.15) is 10.4 Å². The van der Waals surface area contributed by atoms with Gasteiger partial charge in [0, 0.05) is 19.3 Å². The van der Waals surface area contributed by atoms with Crippen molar-refractivity contribution in [1.82, 2.24) is 19.7 Å². The first kappa shape index (κ1) is 11.0. The Morgan fingerprint density at radius 1 is 1.56 bits per heavy atom. The third-order valence-electron chi connectivity index (χ3n) is 3.19. The summed E-state index contributed by atoms with van der Waals surface area (Å²) in [6.07, 6.45) is 7.70. The highest BCUT2D eigenvalue weighted by atomic mass is 16.3. The molecule has 1 unspecified atom stereocenters. The van der Waals surface area contributed by atoms with Crippen molar-refractivity contribution in [3.8, 4) is 6.07 Å². The van der Waals surface area contributed by atoms with Crippen LogP contribution in [0.4, 0.5) is 0 Å². The molecular formula is C12H13N5O. The van der Waals surface area contributed by atoms with Gasteiger partial charge in [0.2, 0.25) is 5.89 Å². The minimum atomic E-state index is 0.335. The second-order valence-electron chi connectivity index (χ2n) is 4.42. The number of aromatic nitrogens is 3. The molecule has 1 aliphatic heterocycles. The van der Waals surface area contributed by atoms with Crippen molar-refractivity contribution in [3.05, 3.63) is 36.3 Å². The first-order valence-electron chi connectivity index (χ1n) is 5.90. The van der Waals surface area contributed by atoms with E-state index >= 15 is 0 Å². The molecule has 0 saturated carbocycles. The van der Waals surface area contributed by atoms with Crippen molar-refractivity contribution in [2.24, 2.45) is 0 Å². The van der Waals surface area contributed by atoms with E-state index in [1.165, 1.54) is 0 Å². The lowest BCUT2D eigenvalue weighted by molar-refractivity contribution is 0.277. The number of hydrogen-bond donors (Lipinski definition) is 0. The third kappa shape index (κ3) is 2.13. The first-order chi connectivity index (χ1) is 8.85. The zero-order valence-corrected chi connectivity index (χ0v) is 9.86. The molecule has 2 aromatic rings. The van der Waals surface area contributed by atoms with Crippen molar-refractivity contribution >= 4 is 0 Å². The predicted molar refractivity (Wildman–Crippen MR) is 62.4 cm³/mol. The van der Waals surface area contributed by atoms with E-state index in [-0.39, 0.29) is 0 Å². The molecule has 2 aromatic heterocycles. The summed E-state index contributed by atoms with van der Waals surface area (Å²) in [5.74, 6) is 0.744. The molecular weight excluding hydrogens is 230 g/mol. The Kier molecular flexibility index (Phi) is 2.82. The van der Waals surface area contributed by atoms with Crippen LogP contribution in [0, 0.1) is 11.3 Å². The standard InChI is InChI=1S/C12H13N5O/c13-5-10-6-15-17(7-10)11-1-3-16(8-11)9-12-14-2-4-18-12/h2,4,6-7,11H,1,3,8-9H2. The van der Waals surface area contributed by atoms with E-state index in [1.807, 2.05) is 4.68 Å². The zero-order valence-electron chi connectivity index (χ0n) is 9.86. The highest BCUT2D eigenvalue weighted by Gasteiger charge is 2.25. The van der Waals surface area contributed by atoms with Gasteiger partial charge >= 0.3 is 0 Å². The maximum Gasteiger partial charge on any atom is 0.208 e. The molecule has 0 bridgehead atoms. The summed E-state index contributed by atoms with van der Waals surface area (Å²) >= 11 is 0. The van der Waals surface area contributed by atoms with Gasteiger partial charge in [0.1, 0.15) is 12.3 Å². The number of oxazole rings is 1. The molecule has 0 spiro atoms. The van der Waals surface area contributed by atoms with E-state index in [4.69, 9.17) is 9.68 Å². The molecule has 3 rings (SSSR count). The van der Waals surface area contributed by atoms with Gasteiger partial charge in [-0.25, -0.2) is 4.98 Å². The van der Waals surface area contributed by atoms with Gasteiger partial charge in [-0.05, 0) is 6.42 Å². The SMILES string of the molecule is N#Cc1cnn(C2CCN(Cc3ncco3)C2)c1. The number of hydrogen-bond acceptors (Lipinski definition) is 5. The van der Waals surface area contributed by atoms with Crippen molar-refractivity contribution in [2.75, 3.05) is 13.1 Å². The molecule has 1 fully saturated rings. The lowest BCUT2D eigenvalue weighted by atomic mass is 10.3. The second-order valence-corrected chi connectivity index (χ2v) is 4.42. The van der Waals surface area contributed by atoms with Crippen LogP contribution in [-0.2, 0) is 6.54 Å². The molecule has 6 heteroatoms. The molecule has 1 aliphatic rings. The van der Waals surface area contributed by atoms with Crippen molar-refractivity contribution in [3.63, 3.8) is 0 Å². The van der Waals surface area contributed by atoms with E-state index in [0.29, 0.717) is 11.6 Å². The van der Waals surface area contributed by atoms with Crippen LogP contribution in [0.3, 0.4) is 0 Å². The highest BCUT2D eigenvalue weighted by Crippen LogP contribution is 2.22. The fraction of sp³-hybridized carbons (Fsp3) is 0.417. The van der Waals surface area contributed by atoms with Crippen LogP contribution in [0.25, 0.3) is 0 Å². The molecule has 92 valence electrons. The minimum Gasteiger partial charge on any atom is -0.448 e. The van der Waals surface area contributed by atoms with Crippen LogP contribution < -0.4 is 0 Å². The number of nitriles is 1. The molecule has 18 heavy (non-hydrogen) atoms. The van der Waals surface area contributed by atoms with Crippen molar-refractivity contribution < 1.29 is 4.42 Å². The van der Waals surface area contributed by atoms with Crippen LogP contribution in [0.5, 0.6) is 0 Å². The summed E-state index contributed by atoms with van der Waals surface area (Å²) in [5, 5.41) is 13.0. The topological polar surface area (TPSA) is 70.9 Å². The summed E-state index contributed by atoms with van der Waals surface area (Å²) in [6.45, 7) is 2.64. The Morgan fingerprint density at radius 2 is 2.50 bits per heavy atom. The summed E-state index contributed by atoms with van der Waals surface area (Å²) in [5.41, 5.74) is 0.612. The third-order valence-corrected chi connectivity index (χ3v) is 3.19. The van der Waals surface area contributed by atoms with Crippen molar-refractivity contribution in [2.45, 2.75) is 19.0 Å². The largest absolute Gasteiger partial charge is 0.448 e. The van der Waals surface area contributed by atoms with Crippen LogP contribution in [0.1, 0.15) is 23.9 Å². The minimum absolute atomic E-state index is 0.335. The Hall–Kier alpha value is -2.13. The molecule has 0 radical (unpaired) electrons. The first-order valence-corrected chi connectivity index (χ1v) is 5.90. The average Bonchev–Trinajstić information content (AvgIpc) is 3.09. The lowest BCUT2D eigenvalue weighted by Crippen LogP contribution is -2.21. The quantitative estimate of drug-likeness (QED) is 0.809. The molecule has 0 aliphatic carbocycles. The van der Waals surface area contributed by atoms with Crippen LogP contribution in [0.2, 0.25) is 0 Å². The van der Waals surface area contributed by atoms with Gasteiger partial charge in [0.15, 0.2) is 0 Å². The van der Waals surface area contributed by atoms with E-state index in [9.17, 15) is 0 Å². The molecule has 0 amide bonds. The summed E-state index contributed by atoms with van der Waals surface area (Å²) in [7, 11) is 0. The fourth-order valence-electron chi connectivity index (χ4n) is 2.29. The van der Waals surface area contributed by atoms with Crippen LogP contribution in [0.15, 0.2) is 29.3 Å². The Balaban J connectivity index is 1.63. The molecule has 1 saturated heterocycles. The highest BCUT2D eigenvalue weighted by molar-refractivity contribution is 5.22. The van der Waals surface area contributed by atoms with Crippen molar-refractivity contribution in [1.29, 1.82) is 5.26 Å². The molecule has 6 nitrogen and oxygen atoms in total. The zero-order chi connectivity index (χ0) is 12.4. The van der Waals surface area contributed by atoms with Crippen LogP contribution >= 0.6 is 0 Å². The van der Waals surface area contributed by atoms with E-state index < -0.39 is 0 Å². The Morgan fingerprint density at radius 3 is 3.22 bits per heavy atom. The average molecular weight is 243 g/mol. The van der Waals surface area contributed by atoms with Gasteiger partial charge in [-0.15, -0.1) is 0 Å². The maximum absolute atomic E-state index is 8.78. The predicted octanol–water partition coefficient (Wildman–Crippen LogP) is 1.19. The van der Waals surface area contributed by atoms with Gasteiger partial charge in [0.05, 0.1) is 30.5 Å². The summed E-state index contributed by atoms with van der Waals surface area (Å²) in [6, 6.07) is 2.43. The van der Waals surface area contributed by atoms with Crippen LogP contribution in [-0.4, -0.2) is 32.8 Å². The Labute approximate surface area is 104 Å². The monoisotopic (exact) mass is 243 g/mol. The van der Waals surface area contributed by atoms with Gasteiger partial charge < -0.3 is 4.42 Å². The number of nitrogens with zero attached hydrogens (tertiary/aromatic N) is 5. The second kappa shape index (κ2) is 4.63. The maximum atomic E-state index is 8.78.